The number of likely N-dealkylation sites (tertiary alicyclic amines) is 1. The molecule has 0 bridgehead atoms. The fraction of sp³-hybridized carbons (Fsp3) is 0.857. The number of nitrogens with zero attached hydrogens (tertiary/aromatic N) is 2. The van der Waals surface area contributed by atoms with Gasteiger partial charge in [-0.2, -0.15) is 5.26 Å². The first kappa shape index (κ1) is 13.4. The fourth-order valence-corrected chi connectivity index (χ4v) is 3.32. The lowest BCUT2D eigenvalue weighted by Crippen LogP contribution is -2.55. The van der Waals surface area contributed by atoms with Gasteiger partial charge in [0.1, 0.15) is 6.04 Å². The number of nitriles is 1. The lowest BCUT2D eigenvalue weighted by Gasteiger charge is -2.45. The van der Waals surface area contributed by atoms with E-state index in [1.54, 1.807) is 0 Å². The molecule has 1 saturated carbocycles. The summed E-state index contributed by atoms with van der Waals surface area (Å²) in [7, 11) is 0. The van der Waals surface area contributed by atoms with Gasteiger partial charge in [-0.1, -0.05) is 13.8 Å². The van der Waals surface area contributed by atoms with E-state index in [9.17, 15) is 9.90 Å². The average molecular weight is 250 g/mol. The van der Waals surface area contributed by atoms with Crippen molar-refractivity contribution in [3.05, 3.63) is 0 Å². The van der Waals surface area contributed by atoms with Crippen molar-refractivity contribution >= 4 is 5.97 Å². The Balaban J connectivity index is 2.11. The quantitative estimate of drug-likeness (QED) is 0.831. The highest BCUT2D eigenvalue weighted by molar-refractivity contribution is 5.74. The van der Waals surface area contributed by atoms with Gasteiger partial charge in [0.25, 0.3) is 0 Å². The summed E-state index contributed by atoms with van der Waals surface area (Å²) < 4.78 is 0. The predicted octanol–water partition coefficient (Wildman–Crippen LogP) is 2.26. The Morgan fingerprint density at radius 3 is 2.61 bits per heavy atom. The van der Waals surface area contributed by atoms with Gasteiger partial charge in [0.05, 0.1) is 6.07 Å². The van der Waals surface area contributed by atoms with E-state index >= 15 is 0 Å². The molecule has 0 aromatic heterocycles. The minimum absolute atomic E-state index is 0.0931. The summed E-state index contributed by atoms with van der Waals surface area (Å²) in [5, 5.41) is 18.3. The van der Waals surface area contributed by atoms with Crippen LogP contribution < -0.4 is 0 Å². The number of hydrogen-bond donors (Lipinski definition) is 1. The van der Waals surface area contributed by atoms with E-state index in [0.717, 1.165) is 38.8 Å². The molecule has 0 spiro atoms. The van der Waals surface area contributed by atoms with Crippen LogP contribution in [0.3, 0.4) is 0 Å². The van der Waals surface area contributed by atoms with Crippen LogP contribution in [0.2, 0.25) is 0 Å². The molecule has 1 aliphatic carbocycles. The molecule has 0 amide bonds. The number of aliphatic carboxylic acids is 1. The van der Waals surface area contributed by atoms with Gasteiger partial charge in [-0.3, -0.25) is 9.69 Å². The van der Waals surface area contributed by atoms with Crippen LogP contribution in [0, 0.1) is 22.2 Å². The van der Waals surface area contributed by atoms with Crippen molar-refractivity contribution in [3.63, 3.8) is 0 Å². The Kier molecular flexibility index (Phi) is 3.37. The van der Waals surface area contributed by atoms with Crippen LogP contribution in [0.5, 0.6) is 0 Å². The monoisotopic (exact) mass is 250 g/mol. The molecule has 0 aromatic carbocycles. The van der Waals surface area contributed by atoms with Crippen LogP contribution in [0.1, 0.15) is 46.0 Å². The van der Waals surface area contributed by atoms with Crippen LogP contribution >= 0.6 is 0 Å². The minimum atomic E-state index is -0.715. The second kappa shape index (κ2) is 4.55. The van der Waals surface area contributed by atoms with Crippen LogP contribution in [0.25, 0.3) is 0 Å². The molecule has 18 heavy (non-hydrogen) atoms. The van der Waals surface area contributed by atoms with Crippen LogP contribution in [0.4, 0.5) is 0 Å². The van der Waals surface area contributed by atoms with E-state index in [4.69, 9.17) is 5.26 Å². The minimum Gasteiger partial charge on any atom is -0.480 e. The first-order chi connectivity index (χ1) is 8.40. The normalized spacial score (nSPS) is 29.5. The molecule has 100 valence electrons. The van der Waals surface area contributed by atoms with E-state index < -0.39 is 12.0 Å². The lowest BCUT2D eigenvalue weighted by atomic mass is 9.76. The summed E-state index contributed by atoms with van der Waals surface area (Å²) in [5.41, 5.74) is -0.0807. The Hall–Kier alpha value is -1.08. The molecular weight excluding hydrogens is 228 g/mol. The topological polar surface area (TPSA) is 64.3 Å². The molecule has 0 aromatic rings. The molecular formula is C14H22N2O2. The predicted molar refractivity (Wildman–Crippen MR) is 67.9 cm³/mol. The zero-order valence-corrected chi connectivity index (χ0v) is 11.3. The van der Waals surface area contributed by atoms with Gasteiger partial charge in [-0.25, -0.2) is 0 Å². The first-order valence-electron chi connectivity index (χ1n) is 6.74. The van der Waals surface area contributed by atoms with E-state index in [2.05, 4.69) is 11.0 Å². The molecule has 4 heteroatoms. The number of carboxylic acids is 1. The third-order valence-electron chi connectivity index (χ3n) is 4.56. The summed E-state index contributed by atoms with van der Waals surface area (Å²) in [6.45, 7) is 5.72. The van der Waals surface area contributed by atoms with Gasteiger partial charge in [0.15, 0.2) is 0 Å². The maximum Gasteiger partial charge on any atom is 0.321 e. The SMILES string of the molecule is CC1(C)CCCN(CC2(CC#N)CC2)C1C(=O)O. The molecule has 1 unspecified atom stereocenters. The standard InChI is InChI=1S/C14H22N2O2/c1-13(2)4-3-9-16(11(13)12(17)18)10-14(5-6-14)7-8-15/h11H,3-7,9-10H2,1-2H3,(H,17,18). The smallest absolute Gasteiger partial charge is 0.321 e. The third-order valence-corrected chi connectivity index (χ3v) is 4.56. The van der Waals surface area contributed by atoms with Crippen molar-refractivity contribution in [2.75, 3.05) is 13.1 Å². The highest BCUT2D eigenvalue weighted by Gasteiger charge is 2.49. The number of rotatable bonds is 4. The lowest BCUT2D eigenvalue weighted by molar-refractivity contribution is -0.151. The van der Waals surface area contributed by atoms with Crippen molar-refractivity contribution < 1.29 is 9.90 Å². The van der Waals surface area contributed by atoms with Crippen molar-refractivity contribution in [1.82, 2.24) is 4.90 Å². The molecule has 1 heterocycles. The van der Waals surface area contributed by atoms with Gasteiger partial charge in [0.2, 0.25) is 0 Å². The molecule has 0 radical (unpaired) electrons. The summed E-state index contributed by atoms with van der Waals surface area (Å²) >= 11 is 0. The van der Waals surface area contributed by atoms with Gasteiger partial charge >= 0.3 is 5.97 Å². The molecule has 2 fully saturated rings. The van der Waals surface area contributed by atoms with Gasteiger partial charge in [-0.05, 0) is 43.1 Å². The largest absolute Gasteiger partial charge is 0.480 e. The molecule has 4 nitrogen and oxygen atoms in total. The zero-order chi connectivity index (χ0) is 13.4. The summed E-state index contributed by atoms with van der Waals surface area (Å²) in [4.78, 5) is 13.6. The Bertz CT molecular complexity index is 380. The van der Waals surface area contributed by atoms with Crippen LogP contribution in [-0.4, -0.2) is 35.1 Å². The number of piperidine rings is 1. The third kappa shape index (κ3) is 2.51. The number of hydrogen-bond acceptors (Lipinski definition) is 3. The van der Waals surface area contributed by atoms with Crippen molar-refractivity contribution in [2.24, 2.45) is 10.8 Å². The van der Waals surface area contributed by atoms with Crippen molar-refractivity contribution in [3.8, 4) is 6.07 Å². The van der Waals surface area contributed by atoms with Gasteiger partial charge in [-0.15, -0.1) is 0 Å². The molecule has 2 aliphatic rings. The molecule has 1 N–H and O–H groups in total. The summed E-state index contributed by atoms with van der Waals surface area (Å²) in [5.74, 6) is -0.715. The van der Waals surface area contributed by atoms with Crippen LogP contribution in [0.15, 0.2) is 0 Å². The van der Waals surface area contributed by atoms with E-state index in [1.165, 1.54) is 0 Å². The highest BCUT2D eigenvalue weighted by Crippen LogP contribution is 2.50. The molecule has 1 aliphatic heterocycles. The summed E-state index contributed by atoms with van der Waals surface area (Å²) in [6.07, 6.45) is 4.73. The zero-order valence-electron chi connectivity index (χ0n) is 11.3. The Labute approximate surface area is 109 Å². The Morgan fingerprint density at radius 1 is 1.44 bits per heavy atom. The van der Waals surface area contributed by atoms with Crippen molar-refractivity contribution in [1.29, 1.82) is 5.26 Å². The van der Waals surface area contributed by atoms with E-state index in [1.807, 2.05) is 13.8 Å². The summed E-state index contributed by atoms with van der Waals surface area (Å²) in [6, 6.07) is 1.85. The van der Waals surface area contributed by atoms with E-state index in [-0.39, 0.29) is 10.8 Å². The maximum atomic E-state index is 11.5. The number of carboxylic acid groups (broad SMARTS) is 1. The molecule has 1 atom stereocenters. The van der Waals surface area contributed by atoms with Crippen molar-refractivity contribution in [2.45, 2.75) is 52.0 Å². The maximum absolute atomic E-state index is 11.5. The average Bonchev–Trinajstić information content (AvgIpc) is 2.96. The number of carbonyl (C=O) groups is 1. The van der Waals surface area contributed by atoms with Gasteiger partial charge < -0.3 is 5.11 Å². The van der Waals surface area contributed by atoms with Gasteiger partial charge in [0, 0.05) is 13.0 Å². The first-order valence-corrected chi connectivity index (χ1v) is 6.74. The molecule has 1 saturated heterocycles. The molecule has 2 rings (SSSR count). The second-order valence-electron chi connectivity index (χ2n) is 6.64. The second-order valence-corrected chi connectivity index (χ2v) is 6.64. The Morgan fingerprint density at radius 2 is 2.11 bits per heavy atom. The highest BCUT2D eigenvalue weighted by atomic mass is 16.4. The van der Waals surface area contributed by atoms with Crippen LogP contribution in [-0.2, 0) is 4.79 Å². The fourth-order valence-electron chi connectivity index (χ4n) is 3.32. The van der Waals surface area contributed by atoms with E-state index in [0.29, 0.717) is 6.42 Å².